The van der Waals surface area contributed by atoms with Crippen molar-refractivity contribution >= 4 is 29.4 Å². The van der Waals surface area contributed by atoms with Crippen LogP contribution in [0.2, 0.25) is 5.02 Å². The van der Waals surface area contributed by atoms with Crippen molar-refractivity contribution in [2.45, 2.75) is 19.1 Å². The Morgan fingerprint density at radius 3 is 2.43 bits per heavy atom. The minimum atomic E-state index is -1.44. The first-order chi connectivity index (χ1) is 9.82. The van der Waals surface area contributed by atoms with Crippen LogP contribution in [-0.2, 0) is 9.59 Å². The highest BCUT2D eigenvalue weighted by Crippen LogP contribution is 2.14. The predicted molar refractivity (Wildman–Crippen MR) is 75.0 cm³/mol. The molecule has 7 nitrogen and oxygen atoms in total. The second kappa shape index (κ2) is 7.61. The number of halogens is 1. The number of amides is 2. The monoisotopic (exact) mass is 314 g/mol. The largest absolute Gasteiger partial charge is 0.480 e. The normalized spacial score (nSPS) is 13.1. The summed E-state index contributed by atoms with van der Waals surface area (Å²) in [6.07, 6.45) is -1.26. The number of rotatable bonds is 6. The van der Waals surface area contributed by atoms with Crippen LogP contribution in [0.4, 0.5) is 0 Å². The summed E-state index contributed by atoms with van der Waals surface area (Å²) in [4.78, 5) is 34.1. The molecule has 0 aliphatic carbocycles. The van der Waals surface area contributed by atoms with E-state index in [9.17, 15) is 19.5 Å². The number of benzene rings is 1. The lowest BCUT2D eigenvalue weighted by Gasteiger charge is -2.17. The summed E-state index contributed by atoms with van der Waals surface area (Å²) in [6, 6.07) is 4.87. The lowest BCUT2D eigenvalue weighted by molar-refractivity contribution is -0.144. The Kier molecular flexibility index (Phi) is 6.13. The highest BCUT2D eigenvalue weighted by Gasteiger charge is 2.25. The smallest absolute Gasteiger partial charge is 0.328 e. The molecule has 1 aromatic carbocycles. The van der Waals surface area contributed by atoms with Crippen molar-refractivity contribution in [3.05, 3.63) is 34.9 Å². The maximum absolute atomic E-state index is 11.8. The van der Waals surface area contributed by atoms with Crippen molar-refractivity contribution < 1.29 is 24.6 Å². The molecule has 0 saturated heterocycles. The standard InChI is InChI=1S/C13H15ClN2O5/c1-7(17)11(13(20)21)16-10(18)6-15-12(19)8-4-2-3-5-9(8)14/h2-5,7,11,17H,6H2,1H3,(H,15,19)(H,16,18)(H,20,21)/t7-,11+/m1/s1. The van der Waals surface area contributed by atoms with Crippen LogP contribution >= 0.6 is 11.6 Å². The van der Waals surface area contributed by atoms with Gasteiger partial charge in [0.05, 0.1) is 23.2 Å². The number of carbonyl (C=O) groups is 3. The average molecular weight is 315 g/mol. The molecule has 0 saturated carbocycles. The first-order valence-corrected chi connectivity index (χ1v) is 6.43. The van der Waals surface area contributed by atoms with Gasteiger partial charge in [-0.05, 0) is 19.1 Å². The zero-order valence-electron chi connectivity index (χ0n) is 11.2. The number of carboxylic acids is 1. The molecule has 0 heterocycles. The third-order valence-corrected chi connectivity index (χ3v) is 2.92. The summed E-state index contributed by atoms with van der Waals surface area (Å²) in [5, 5.41) is 22.7. The van der Waals surface area contributed by atoms with Crippen LogP contribution < -0.4 is 10.6 Å². The van der Waals surface area contributed by atoms with Crippen LogP contribution in [0, 0.1) is 0 Å². The van der Waals surface area contributed by atoms with E-state index in [1.54, 1.807) is 12.1 Å². The van der Waals surface area contributed by atoms with Gasteiger partial charge < -0.3 is 20.8 Å². The van der Waals surface area contributed by atoms with Crippen molar-refractivity contribution in [3.63, 3.8) is 0 Å². The molecule has 8 heteroatoms. The van der Waals surface area contributed by atoms with E-state index in [0.717, 1.165) is 0 Å². The van der Waals surface area contributed by atoms with Gasteiger partial charge in [-0.3, -0.25) is 9.59 Å². The van der Waals surface area contributed by atoms with Gasteiger partial charge in [0.1, 0.15) is 0 Å². The van der Waals surface area contributed by atoms with Gasteiger partial charge in [-0.15, -0.1) is 0 Å². The molecule has 0 aromatic heterocycles. The first kappa shape index (κ1) is 16.9. The van der Waals surface area contributed by atoms with Gasteiger partial charge in [-0.1, -0.05) is 23.7 Å². The Labute approximate surface area is 125 Å². The maximum atomic E-state index is 11.8. The molecule has 0 fully saturated rings. The Morgan fingerprint density at radius 2 is 1.90 bits per heavy atom. The summed E-state index contributed by atoms with van der Waals surface area (Å²) < 4.78 is 0. The summed E-state index contributed by atoms with van der Waals surface area (Å²) >= 11 is 5.83. The summed E-state index contributed by atoms with van der Waals surface area (Å²) in [7, 11) is 0. The number of aliphatic hydroxyl groups is 1. The van der Waals surface area contributed by atoms with Gasteiger partial charge in [0.25, 0.3) is 5.91 Å². The quantitative estimate of drug-likeness (QED) is 0.591. The van der Waals surface area contributed by atoms with Crippen molar-refractivity contribution in [1.29, 1.82) is 0 Å². The Hall–Kier alpha value is -2.12. The van der Waals surface area contributed by atoms with Crippen LogP contribution in [0.1, 0.15) is 17.3 Å². The molecular weight excluding hydrogens is 300 g/mol. The number of hydrogen-bond donors (Lipinski definition) is 4. The molecule has 0 spiro atoms. The summed E-state index contributed by atoms with van der Waals surface area (Å²) in [6.45, 7) is 0.807. The predicted octanol–water partition coefficient (Wildman–Crippen LogP) is 0.0200. The molecule has 0 radical (unpaired) electrons. The molecule has 1 rings (SSSR count). The van der Waals surface area contributed by atoms with E-state index in [-0.39, 0.29) is 10.6 Å². The molecule has 2 amide bonds. The molecule has 2 atom stereocenters. The molecule has 114 valence electrons. The number of hydrogen-bond acceptors (Lipinski definition) is 4. The molecular formula is C13H15ClN2O5. The van der Waals surface area contributed by atoms with E-state index in [2.05, 4.69) is 10.6 Å². The third-order valence-electron chi connectivity index (χ3n) is 2.59. The molecule has 4 N–H and O–H groups in total. The zero-order valence-corrected chi connectivity index (χ0v) is 11.9. The van der Waals surface area contributed by atoms with Crippen LogP contribution in [0.5, 0.6) is 0 Å². The van der Waals surface area contributed by atoms with Gasteiger partial charge in [-0.2, -0.15) is 0 Å². The van der Waals surface area contributed by atoms with Crippen LogP contribution in [0.15, 0.2) is 24.3 Å². The van der Waals surface area contributed by atoms with E-state index < -0.39 is 36.5 Å². The molecule has 0 unspecified atom stereocenters. The fraction of sp³-hybridized carbons (Fsp3) is 0.308. The molecule has 0 bridgehead atoms. The number of aliphatic hydroxyl groups excluding tert-OH is 1. The van der Waals surface area contributed by atoms with E-state index in [0.29, 0.717) is 0 Å². The van der Waals surface area contributed by atoms with E-state index in [1.807, 2.05) is 0 Å². The number of aliphatic carboxylic acids is 1. The van der Waals surface area contributed by atoms with Crippen molar-refractivity contribution in [3.8, 4) is 0 Å². The van der Waals surface area contributed by atoms with Gasteiger partial charge in [0.15, 0.2) is 6.04 Å². The number of carboxylic acid groups (broad SMARTS) is 1. The SMILES string of the molecule is C[C@@H](O)[C@H](NC(=O)CNC(=O)c1ccccc1Cl)C(=O)O. The van der Waals surface area contributed by atoms with Crippen LogP contribution in [0.3, 0.4) is 0 Å². The van der Waals surface area contributed by atoms with Crippen molar-refractivity contribution in [2.24, 2.45) is 0 Å². The van der Waals surface area contributed by atoms with Crippen molar-refractivity contribution in [1.82, 2.24) is 10.6 Å². The highest BCUT2D eigenvalue weighted by molar-refractivity contribution is 6.33. The van der Waals surface area contributed by atoms with Crippen molar-refractivity contribution in [2.75, 3.05) is 6.54 Å². The third kappa shape index (κ3) is 5.05. The fourth-order valence-electron chi connectivity index (χ4n) is 1.51. The molecule has 0 aliphatic heterocycles. The van der Waals surface area contributed by atoms with Gasteiger partial charge >= 0.3 is 5.97 Å². The Bertz CT molecular complexity index is 547. The first-order valence-electron chi connectivity index (χ1n) is 6.06. The Balaban J connectivity index is 2.55. The Morgan fingerprint density at radius 1 is 1.29 bits per heavy atom. The maximum Gasteiger partial charge on any atom is 0.328 e. The molecule has 0 aliphatic rings. The fourth-order valence-corrected chi connectivity index (χ4v) is 1.74. The summed E-state index contributed by atoms with van der Waals surface area (Å²) in [5.74, 6) is -2.65. The minimum absolute atomic E-state index is 0.206. The van der Waals surface area contributed by atoms with Gasteiger partial charge in [0.2, 0.25) is 5.91 Å². The van der Waals surface area contributed by atoms with Crippen LogP contribution in [-0.4, -0.2) is 46.7 Å². The number of nitrogens with one attached hydrogen (secondary N) is 2. The second-order valence-corrected chi connectivity index (χ2v) is 4.69. The topological polar surface area (TPSA) is 116 Å². The van der Waals surface area contributed by atoms with E-state index in [1.165, 1.54) is 19.1 Å². The zero-order chi connectivity index (χ0) is 16.0. The van der Waals surface area contributed by atoms with Gasteiger partial charge in [0, 0.05) is 0 Å². The lowest BCUT2D eigenvalue weighted by atomic mass is 10.2. The second-order valence-electron chi connectivity index (χ2n) is 4.29. The minimum Gasteiger partial charge on any atom is -0.480 e. The molecule has 21 heavy (non-hydrogen) atoms. The average Bonchev–Trinajstić information content (AvgIpc) is 2.42. The molecule has 1 aromatic rings. The van der Waals surface area contributed by atoms with E-state index in [4.69, 9.17) is 16.7 Å². The van der Waals surface area contributed by atoms with E-state index >= 15 is 0 Å². The highest BCUT2D eigenvalue weighted by atomic mass is 35.5. The van der Waals surface area contributed by atoms with Crippen LogP contribution in [0.25, 0.3) is 0 Å². The summed E-state index contributed by atoms with van der Waals surface area (Å²) in [5.41, 5.74) is 0.206. The van der Waals surface area contributed by atoms with Gasteiger partial charge in [-0.25, -0.2) is 4.79 Å². The number of carbonyl (C=O) groups excluding carboxylic acids is 2. The lowest BCUT2D eigenvalue weighted by Crippen LogP contribution is -2.50.